The highest BCUT2D eigenvalue weighted by molar-refractivity contribution is 5.75. The lowest BCUT2D eigenvalue weighted by Crippen LogP contribution is -2.14. The standard InChI is InChI=1S/C5H6O6/c6-4(7)11-5(8)10-2-3-1-9-3/h3H,1-2H2,(H,6,7). The van der Waals surface area contributed by atoms with Gasteiger partial charge in [-0.1, -0.05) is 0 Å². The van der Waals surface area contributed by atoms with E-state index in [1.807, 2.05) is 0 Å². The van der Waals surface area contributed by atoms with Crippen molar-refractivity contribution in [3.8, 4) is 0 Å². The molecule has 0 saturated carbocycles. The fourth-order valence-corrected chi connectivity index (χ4v) is 0.426. The average Bonchev–Trinajstić information content (AvgIpc) is 2.63. The van der Waals surface area contributed by atoms with Gasteiger partial charge in [0.1, 0.15) is 12.7 Å². The second-order valence-corrected chi connectivity index (χ2v) is 1.88. The second-order valence-electron chi connectivity index (χ2n) is 1.88. The smallest absolute Gasteiger partial charge is 0.449 e. The van der Waals surface area contributed by atoms with E-state index in [-0.39, 0.29) is 12.7 Å². The van der Waals surface area contributed by atoms with Crippen LogP contribution >= 0.6 is 0 Å². The topological polar surface area (TPSA) is 85.4 Å². The molecule has 11 heavy (non-hydrogen) atoms. The highest BCUT2D eigenvalue weighted by Gasteiger charge is 2.25. The van der Waals surface area contributed by atoms with Gasteiger partial charge >= 0.3 is 12.3 Å². The lowest BCUT2D eigenvalue weighted by atomic mass is 10.5. The molecule has 0 aromatic carbocycles. The Morgan fingerprint density at radius 1 is 1.64 bits per heavy atom. The molecule has 1 fully saturated rings. The quantitative estimate of drug-likeness (QED) is 0.355. The molecule has 1 heterocycles. The van der Waals surface area contributed by atoms with Crippen molar-refractivity contribution in [2.45, 2.75) is 6.10 Å². The second kappa shape index (κ2) is 3.20. The zero-order valence-electron chi connectivity index (χ0n) is 5.48. The normalized spacial score (nSPS) is 20.5. The van der Waals surface area contributed by atoms with Gasteiger partial charge in [-0.25, -0.2) is 9.59 Å². The summed E-state index contributed by atoms with van der Waals surface area (Å²) in [5, 5.41) is 7.91. The van der Waals surface area contributed by atoms with E-state index >= 15 is 0 Å². The maximum Gasteiger partial charge on any atom is 0.518 e. The summed E-state index contributed by atoms with van der Waals surface area (Å²) < 4.78 is 12.6. The Balaban J connectivity index is 2.04. The third-order valence-corrected chi connectivity index (χ3v) is 0.960. The number of epoxide rings is 1. The van der Waals surface area contributed by atoms with E-state index in [0.29, 0.717) is 6.61 Å². The van der Waals surface area contributed by atoms with Gasteiger partial charge in [-0.15, -0.1) is 0 Å². The summed E-state index contributed by atoms with van der Waals surface area (Å²) in [6, 6.07) is 0. The van der Waals surface area contributed by atoms with E-state index in [9.17, 15) is 9.59 Å². The first-order chi connectivity index (χ1) is 5.18. The highest BCUT2D eigenvalue weighted by atomic mass is 16.8. The summed E-state index contributed by atoms with van der Waals surface area (Å²) in [6.07, 6.45) is -2.98. The minimum atomic E-state index is -1.67. The van der Waals surface area contributed by atoms with Crippen molar-refractivity contribution >= 4 is 12.3 Å². The van der Waals surface area contributed by atoms with Crippen molar-refractivity contribution in [3.63, 3.8) is 0 Å². The van der Waals surface area contributed by atoms with Crippen LogP contribution in [0.15, 0.2) is 0 Å². The molecule has 1 aliphatic heterocycles. The molecule has 0 aliphatic carbocycles. The van der Waals surface area contributed by atoms with Crippen molar-refractivity contribution in [1.29, 1.82) is 0 Å². The van der Waals surface area contributed by atoms with Gasteiger partial charge < -0.3 is 19.3 Å². The summed E-state index contributed by atoms with van der Waals surface area (Å²) in [6.45, 7) is 0.590. The van der Waals surface area contributed by atoms with Gasteiger partial charge in [-0.2, -0.15) is 0 Å². The van der Waals surface area contributed by atoms with E-state index in [1.54, 1.807) is 0 Å². The summed E-state index contributed by atoms with van der Waals surface area (Å²) in [5.74, 6) is 0. The summed E-state index contributed by atoms with van der Waals surface area (Å²) in [4.78, 5) is 20.0. The molecule has 0 amide bonds. The number of hydrogen-bond acceptors (Lipinski definition) is 5. The lowest BCUT2D eigenvalue weighted by Gasteiger charge is -1.98. The van der Waals surface area contributed by atoms with Crippen LogP contribution in [0, 0.1) is 0 Å². The van der Waals surface area contributed by atoms with Gasteiger partial charge in [0.2, 0.25) is 0 Å². The third-order valence-electron chi connectivity index (χ3n) is 0.960. The van der Waals surface area contributed by atoms with E-state index in [0.717, 1.165) is 0 Å². The Hall–Kier alpha value is -1.30. The average molecular weight is 162 g/mol. The maximum absolute atomic E-state index is 10.3. The molecule has 62 valence electrons. The molecule has 0 bridgehead atoms. The van der Waals surface area contributed by atoms with Crippen LogP contribution < -0.4 is 0 Å². The molecule has 1 rings (SSSR count). The van der Waals surface area contributed by atoms with Crippen LogP contribution in [0.5, 0.6) is 0 Å². The molecule has 1 atom stereocenters. The fourth-order valence-electron chi connectivity index (χ4n) is 0.426. The van der Waals surface area contributed by atoms with E-state index in [2.05, 4.69) is 14.2 Å². The minimum Gasteiger partial charge on any atom is -0.449 e. The molecule has 0 aromatic rings. The fraction of sp³-hybridized carbons (Fsp3) is 0.600. The predicted octanol–water partition coefficient (Wildman–Crippen LogP) is 0.216. The summed E-state index contributed by atoms with van der Waals surface area (Å²) in [7, 11) is 0. The van der Waals surface area contributed by atoms with Gasteiger partial charge in [0.05, 0.1) is 6.61 Å². The van der Waals surface area contributed by atoms with Crippen LogP contribution in [0.2, 0.25) is 0 Å². The first-order valence-electron chi connectivity index (χ1n) is 2.87. The number of hydrogen-bond donors (Lipinski definition) is 1. The predicted molar refractivity (Wildman–Crippen MR) is 30.2 cm³/mol. The Morgan fingerprint density at radius 2 is 2.27 bits per heavy atom. The number of ether oxygens (including phenoxy) is 3. The number of rotatable bonds is 2. The van der Waals surface area contributed by atoms with E-state index < -0.39 is 12.3 Å². The van der Waals surface area contributed by atoms with E-state index in [4.69, 9.17) is 5.11 Å². The molecular formula is C5H6O6. The van der Waals surface area contributed by atoms with Gasteiger partial charge in [0.15, 0.2) is 0 Å². The van der Waals surface area contributed by atoms with Crippen LogP contribution in [0.25, 0.3) is 0 Å². The first-order valence-corrected chi connectivity index (χ1v) is 2.87. The first kappa shape index (κ1) is 7.80. The molecule has 1 aliphatic rings. The Morgan fingerprint density at radius 3 is 2.73 bits per heavy atom. The Bertz CT molecular complexity index is 172. The third kappa shape index (κ3) is 3.41. The molecule has 0 spiro atoms. The highest BCUT2D eigenvalue weighted by Crippen LogP contribution is 2.08. The largest absolute Gasteiger partial charge is 0.518 e. The number of carbonyl (C=O) groups excluding carboxylic acids is 1. The van der Waals surface area contributed by atoms with Crippen LogP contribution in [0.3, 0.4) is 0 Å². The maximum atomic E-state index is 10.3. The molecule has 1 unspecified atom stereocenters. The van der Waals surface area contributed by atoms with Crippen LogP contribution in [-0.4, -0.2) is 36.7 Å². The Labute approximate surface area is 61.7 Å². The van der Waals surface area contributed by atoms with Crippen LogP contribution in [-0.2, 0) is 14.2 Å². The van der Waals surface area contributed by atoms with Crippen molar-refractivity contribution in [3.05, 3.63) is 0 Å². The molecule has 6 nitrogen and oxygen atoms in total. The molecular weight excluding hydrogens is 156 g/mol. The van der Waals surface area contributed by atoms with Gasteiger partial charge in [0, 0.05) is 0 Å². The van der Waals surface area contributed by atoms with Crippen molar-refractivity contribution < 1.29 is 28.9 Å². The van der Waals surface area contributed by atoms with Crippen molar-refractivity contribution in [2.24, 2.45) is 0 Å². The van der Waals surface area contributed by atoms with Gasteiger partial charge in [-0.3, -0.25) is 0 Å². The monoisotopic (exact) mass is 162 g/mol. The lowest BCUT2D eigenvalue weighted by molar-refractivity contribution is 0.0508. The van der Waals surface area contributed by atoms with Gasteiger partial charge in [-0.05, 0) is 0 Å². The number of carboxylic acid groups (broad SMARTS) is 1. The molecule has 1 N–H and O–H groups in total. The van der Waals surface area contributed by atoms with Crippen molar-refractivity contribution in [2.75, 3.05) is 13.2 Å². The van der Waals surface area contributed by atoms with Crippen molar-refractivity contribution in [1.82, 2.24) is 0 Å². The van der Waals surface area contributed by atoms with E-state index in [1.165, 1.54) is 0 Å². The molecule has 0 radical (unpaired) electrons. The zero-order valence-corrected chi connectivity index (χ0v) is 5.48. The summed E-state index contributed by atoms with van der Waals surface area (Å²) >= 11 is 0. The van der Waals surface area contributed by atoms with Gasteiger partial charge in [0.25, 0.3) is 0 Å². The minimum absolute atomic E-state index is 0.0477. The SMILES string of the molecule is O=C(O)OC(=O)OCC1CO1. The number of carbonyl (C=O) groups is 2. The molecule has 1 saturated heterocycles. The van der Waals surface area contributed by atoms with Crippen LogP contribution in [0.4, 0.5) is 9.59 Å². The molecule has 0 aromatic heterocycles. The molecule has 6 heteroatoms. The van der Waals surface area contributed by atoms with Crippen LogP contribution in [0.1, 0.15) is 0 Å². The zero-order chi connectivity index (χ0) is 8.27. The Kier molecular flexibility index (Phi) is 2.27. The summed E-state index contributed by atoms with van der Waals surface area (Å²) in [5.41, 5.74) is 0.